The maximum absolute atomic E-state index is 15.6. The lowest BCUT2D eigenvalue weighted by Gasteiger charge is -2.42. The van der Waals surface area contributed by atoms with Gasteiger partial charge in [0.05, 0.1) is 29.2 Å². The van der Waals surface area contributed by atoms with E-state index in [0.717, 1.165) is 25.0 Å². The number of carbonyl (C=O) groups is 1. The Hall–Kier alpha value is -5.44. The van der Waals surface area contributed by atoms with E-state index in [9.17, 15) is 10.1 Å². The number of anilines is 1. The van der Waals surface area contributed by atoms with Gasteiger partial charge in [-0.1, -0.05) is 18.2 Å². The normalized spacial score (nSPS) is 17.9. The zero-order valence-electron chi connectivity index (χ0n) is 26.3. The van der Waals surface area contributed by atoms with Crippen LogP contribution in [0.5, 0.6) is 11.5 Å². The number of aromatic nitrogens is 4. The van der Waals surface area contributed by atoms with Gasteiger partial charge in [0.25, 0.3) is 5.91 Å². The Balaban J connectivity index is 1.16. The standard InChI is InChI=1S/C35H35FN8O3/c1-35(2,44(23-10-11-23)25-19-46-20-25)16-22(17-37)34(45)42-14-6-7-24(42)18-43-33-30(32(38)39-21-40-33)31(41-43)28-13-12-27(15-29(28)36)47-26-8-4-3-5-9-26/h3-5,8-9,12-13,15-16,19,21,23-24H,6-7,10-11,14,18,20H2,1-2H3,(H2,38,39,40)/b22-16-/t24-/m1/s1. The number of halogens is 1. The van der Waals surface area contributed by atoms with Gasteiger partial charge in [-0.2, -0.15) is 10.4 Å². The zero-order valence-corrected chi connectivity index (χ0v) is 26.3. The number of rotatable bonds is 10. The van der Waals surface area contributed by atoms with Crippen molar-refractivity contribution in [2.45, 2.75) is 63.7 Å². The van der Waals surface area contributed by atoms with Crippen LogP contribution in [0, 0.1) is 17.1 Å². The number of hydrogen-bond donors (Lipinski definition) is 1. The fourth-order valence-electron chi connectivity index (χ4n) is 6.63. The van der Waals surface area contributed by atoms with Gasteiger partial charge in [-0.05, 0) is 69.9 Å². The summed E-state index contributed by atoms with van der Waals surface area (Å²) in [7, 11) is 0. The number of benzene rings is 2. The lowest BCUT2D eigenvalue weighted by atomic mass is 9.96. The highest BCUT2D eigenvalue weighted by Gasteiger charge is 2.42. The van der Waals surface area contributed by atoms with Crippen molar-refractivity contribution in [3.05, 3.63) is 84.3 Å². The van der Waals surface area contributed by atoms with Crippen molar-refractivity contribution in [1.82, 2.24) is 29.5 Å². The van der Waals surface area contributed by atoms with Gasteiger partial charge >= 0.3 is 0 Å². The number of likely N-dealkylation sites (tertiary alicyclic amines) is 1. The molecule has 2 aliphatic heterocycles. The van der Waals surface area contributed by atoms with Crippen LogP contribution in [0.2, 0.25) is 0 Å². The number of hydrogen-bond acceptors (Lipinski definition) is 9. The van der Waals surface area contributed by atoms with Crippen molar-refractivity contribution in [3.63, 3.8) is 0 Å². The number of para-hydroxylation sites is 1. The van der Waals surface area contributed by atoms with Gasteiger partial charge < -0.3 is 25.0 Å². The van der Waals surface area contributed by atoms with Gasteiger partial charge in [0, 0.05) is 24.2 Å². The van der Waals surface area contributed by atoms with Crippen LogP contribution in [0.3, 0.4) is 0 Å². The summed E-state index contributed by atoms with van der Waals surface area (Å²) in [5, 5.41) is 15.4. The van der Waals surface area contributed by atoms with Crippen molar-refractivity contribution >= 4 is 22.8 Å². The molecule has 47 heavy (non-hydrogen) atoms. The van der Waals surface area contributed by atoms with Gasteiger partial charge in [-0.15, -0.1) is 0 Å². The molecule has 1 saturated carbocycles. The molecule has 1 saturated heterocycles. The van der Waals surface area contributed by atoms with E-state index in [2.05, 4.69) is 20.9 Å². The maximum Gasteiger partial charge on any atom is 0.264 e. The van der Waals surface area contributed by atoms with E-state index in [1.165, 1.54) is 12.4 Å². The van der Waals surface area contributed by atoms with Crippen LogP contribution < -0.4 is 10.5 Å². The molecule has 1 aliphatic carbocycles. The Morgan fingerprint density at radius 3 is 2.66 bits per heavy atom. The smallest absolute Gasteiger partial charge is 0.264 e. The van der Waals surface area contributed by atoms with Crippen molar-refractivity contribution in [3.8, 4) is 28.8 Å². The van der Waals surface area contributed by atoms with Gasteiger partial charge in [0.1, 0.15) is 59.7 Å². The first-order valence-electron chi connectivity index (χ1n) is 15.8. The molecular weight excluding hydrogens is 599 g/mol. The van der Waals surface area contributed by atoms with Gasteiger partial charge in [-0.3, -0.25) is 4.79 Å². The summed E-state index contributed by atoms with van der Waals surface area (Å²) in [6.45, 7) is 5.38. The number of fused-ring (bicyclic) bond motifs is 1. The van der Waals surface area contributed by atoms with Crippen LogP contribution in [-0.4, -0.2) is 66.2 Å². The summed E-state index contributed by atoms with van der Waals surface area (Å²) < 4.78 is 28.4. The van der Waals surface area contributed by atoms with E-state index in [-0.39, 0.29) is 35.4 Å². The van der Waals surface area contributed by atoms with E-state index in [4.69, 9.17) is 20.3 Å². The fraction of sp³-hybridized carbons (Fsp3) is 0.343. The van der Waals surface area contributed by atoms with Crippen LogP contribution in [0.15, 0.2) is 78.5 Å². The molecule has 4 heterocycles. The lowest BCUT2D eigenvalue weighted by Crippen LogP contribution is -2.47. The molecule has 0 radical (unpaired) electrons. The lowest BCUT2D eigenvalue weighted by molar-refractivity contribution is -0.127. The minimum atomic E-state index is -0.556. The number of nitrogen functional groups attached to an aromatic ring is 1. The number of amides is 1. The summed E-state index contributed by atoms with van der Waals surface area (Å²) in [6, 6.07) is 16.0. The second-order valence-corrected chi connectivity index (χ2v) is 12.7. The third kappa shape index (κ3) is 5.85. The second-order valence-electron chi connectivity index (χ2n) is 12.7. The average molecular weight is 635 g/mol. The third-order valence-electron chi connectivity index (χ3n) is 8.90. The van der Waals surface area contributed by atoms with E-state index in [0.29, 0.717) is 53.8 Å². The van der Waals surface area contributed by atoms with Crippen LogP contribution in [0.25, 0.3) is 22.3 Å². The van der Waals surface area contributed by atoms with E-state index < -0.39 is 11.4 Å². The van der Waals surface area contributed by atoms with Gasteiger partial charge in [0.2, 0.25) is 0 Å². The molecule has 0 unspecified atom stereocenters. The summed E-state index contributed by atoms with van der Waals surface area (Å²) in [5.41, 5.74) is 7.88. The van der Waals surface area contributed by atoms with Gasteiger partial charge in [0.15, 0.2) is 5.65 Å². The Morgan fingerprint density at radius 2 is 1.98 bits per heavy atom. The Kier molecular flexibility index (Phi) is 7.75. The maximum atomic E-state index is 15.6. The number of carbonyl (C=O) groups excluding carboxylic acids is 1. The minimum absolute atomic E-state index is 0.103. The first-order chi connectivity index (χ1) is 22.7. The molecule has 11 nitrogen and oxygen atoms in total. The summed E-state index contributed by atoms with van der Waals surface area (Å²) in [6.07, 6.45) is 8.50. The molecule has 7 rings (SSSR count). The summed E-state index contributed by atoms with van der Waals surface area (Å²) in [5.74, 6) is 0.244. The fourth-order valence-corrected chi connectivity index (χ4v) is 6.63. The molecule has 1 amide bonds. The van der Waals surface area contributed by atoms with Crippen LogP contribution in [0.1, 0.15) is 39.5 Å². The molecule has 2 aromatic carbocycles. The molecule has 2 N–H and O–H groups in total. The summed E-state index contributed by atoms with van der Waals surface area (Å²) >= 11 is 0. The molecule has 4 aromatic rings. The monoisotopic (exact) mass is 634 g/mol. The highest BCUT2D eigenvalue weighted by molar-refractivity contribution is 5.99. The van der Waals surface area contributed by atoms with Crippen molar-refractivity contribution < 1.29 is 18.7 Å². The third-order valence-corrected chi connectivity index (χ3v) is 8.90. The van der Waals surface area contributed by atoms with Gasteiger partial charge in [-0.25, -0.2) is 19.0 Å². The highest BCUT2D eigenvalue weighted by atomic mass is 19.1. The molecule has 0 spiro atoms. The molecule has 2 aromatic heterocycles. The molecular formula is C35H35FN8O3. The molecule has 240 valence electrons. The molecule has 3 aliphatic rings. The Labute approximate surface area is 271 Å². The second kappa shape index (κ2) is 12.1. The predicted octanol–water partition coefficient (Wildman–Crippen LogP) is 5.56. The minimum Gasteiger partial charge on any atom is -0.493 e. The Morgan fingerprint density at radius 1 is 1.19 bits per heavy atom. The zero-order chi connectivity index (χ0) is 32.7. The SMILES string of the molecule is CC(C)(/C=C(/C#N)C(=O)N1CCC[C@@H]1Cn1nc(-c2ccc(Oc3ccccc3)cc2F)c2c(N)ncnc21)N(C1=COC1)C1CC1. The molecule has 2 fully saturated rings. The first-order valence-corrected chi connectivity index (χ1v) is 15.8. The largest absolute Gasteiger partial charge is 0.493 e. The number of nitrogens with zero attached hydrogens (tertiary/aromatic N) is 7. The van der Waals surface area contributed by atoms with Crippen LogP contribution >= 0.6 is 0 Å². The van der Waals surface area contributed by atoms with Crippen LogP contribution in [0.4, 0.5) is 10.2 Å². The quantitative estimate of drug-likeness (QED) is 0.176. The van der Waals surface area contributed by atoms with E-state index in [1.54, 1.807) is 46.2 Å². The van der Waals surface area contributed by atoms with Crippen molar-refractivity contribution in [2.24, 2.45) is 0 Å². The topological polar surface area (TPSA) is 135 Å². The number of nitriles is 1. The average Bonchev–Trinajstić information content (AvgIpc) is 3.64. The van der Waals surface area contributed by atoms with Crippen molar-refractivity contribution in [1.29, 1.82) is 5.26 Å². The van der Waals surface area contributed by atoms with Crippen LogP contribution in [-0.2, 0) is 16.1 Å². The Bertz CT molecular complexity index is 1940. The van der Waals surface area contributed by atoms with Crippen molar-refractivity contribution in [2.75, 3.05) is 18.9 Å². The van der Waals surface area contributed by atoms with E-state index >= 15 is 4.39 Å². The number of ether oxygens (including phenoxy) is 2. The highest BCUT2D eigenvalue weighted by Crippen LogP contribution is 2.39. The molecule has 1 atom stereocenters. The first kappa shape index (κ1) is 30.2. The number of nitrogens with two attached hydrogens (primary N) is 1. The summed E-state index contributed by atoms with van der Waals surface area (Å²) in [4.78, 5) is 26.5. The molecule has 0 bridgehead atoms. The molecule has 12 heteroatoms. The van der Waals surface area contributed by atoms with E-state index in [1.807, 2.05) is 32.0 Å². The predicted molar refractivity (Wildman–Crippen MR) is 173 cm³/mol.